The summed E-state index contributed by atoms with van der Waals surface area (Å²) in [4.78, 5) is 16.4. The van der Waals surface area contributed by atoms with Gasteiger partial charge in [0.15, 0.2) is 11.6 Å². The molecule has 1 heterocycles. The van der Waals surface area contributed by atoms with E-state index in [4.69, 9.17) is 9.47 Å². The van der Waals surface area contributed by atoms with E-state index in [9.17, 15) is 9.18 Å². The number of carbonyl (C=O) groups is 1. The zero-order valence-corrected chi connectivity index (χ0v) is 15.8. The van der Waals surface area contributed by atoms with Gasteiger partial charge in [-0.05, 0) is 24.5 Å². The van der Waals surface area contributed by atoms with Gasteiger partial charge in [-0.25, -0.2) is 9.37 Å². The number of pyridine rings is 1. The van der Waals surface area contributed by atoms with E-state index < -0.39 is 5.82 Å². The molecular weight excluding hydrogens is 335 g/mol. The van der Waals surface area contributed by atoms with Crippen molar-refractivity contribution in [2.45, 2.75) is 40.3 Å². The molecule has 1 atom stereocenters. The molecule has 0 aliphatic carbocycles. The Hall–Kier alpha value is -2.63. The summed E-state index contributed by atoms with van der Waals surface area (Å²) >= 11 is 0. The van der Waals surface area contributed by atoms with Crippen LogP contribution < -0.4 is 14.8 Å². The van der Waals surface area contributed by atoms with E-state index >= 15 is 0 Å². The van der Waals surface area contributed by atoms with Crippen LogP contribution in [0.3, 0.4) is 0 Å². The van der Waals surface area contributed by atoms with Gasteiger partial charge in [0, 0.05) is 23.9 Å². The molecule has 26 heavy (non-hydrogen) atoms. The number of hydrogen-bond acceptors (Lipinski definition) is 4. The molecule has 0 bridgehead atoms. The van der Waals surface area contributed by atoms with Gasteiger partial charge in [-0.1, -0.05) is 32.9 Å². The molecule has 0 spiro atoms. The first kappa shape index (κ1) is 19.7. The molecule has 0 aliphatic heterocycles. The van der Waals surface area contributed by atoms with E-state index in [1.165, 1.54) is 19.4 Å². The first-order valence-corrected chi connectivity index (χ1v) is 8.43. The quantitative estimate of drug-likeness (QED) is 0.847. The monoisotopic (exact) mass is 360 g/mol. The van der Waals surface area contributed by atoms with Crippen LogP contribution in [0.15, 0.2) is 36.5 Å². The number of carbonyl (C=O) groups excluding carboxylic acids is 1. The summed E-state index contributed by atoms with van der Waals surface area (Å²) in [6.45, 7) is 8.27. The van der Waals surface area contributed by atoms with Crippen molar-refractivity contribution < 1.29 is 18.7 Å². The predicted octanol–water partition coefficient (Wildman–Crippen LogP) is 3.97. The van der Waals surface area contributed by atoms with E-state index in [0.29, 0.717) is 17.0 Å². The smallest absolute Gasteiger partial charge is 0.253 e. The molecule has 1 aromatic heterocycles. The minimum absolute atomic E-state index is 0.0198. The van der Waals surface area contributed by atoms with Gasteiger partial charge >= 0.3 is 0 Å². The number of amides is 1. The molecule has 0 saturated heterocycles. The second-order valence-electron chi connectivity index (χ2n) is 7.17. The highest BCUT2D eigenvalue weighted by Gasteiger charge is 2.22. The Morgan fingerprint density at radius 2 is 2.00 bits per heavy atom. The normalized spacial score (nSPS) is 12.4. The molecule has 140 valence electrons. The van der Waals surface area contributed by atoms with E-state index in [2.05, 4.69) is 31.1 Å². The molecule has 1 aromatic carbocycles. The topological polar surface area (TPSA) is 60.5 Å². The summed E-state index contributed by atoms with van der Waals surface area (Å²) in [5.41, 5.74) is 1.00. The Morgan fingerprint density at radius 3 is 2.58 bits per heavy atom. The number of aromatic nitrogens is 1. The van der Waals surface area contributed by atoms with Gasteiger partial charge in [0.25, 0.3) is 5.91 Å². The van der Waals surface area contributed by atoms with Crippen LogP contribution in [0.5, 0.6) is 11.6 Å². The fourth-order valence-corrected chi connectivity index (χ4v) is 2.14. The summed E-state index contributed by atoms with van der Waals surface area (Å²) in [6.07, 6.45) is 1.46. The van der Waals surface area contributed by atoms with Crippen molar-refractivity contribution in [1.82, 2.24) is 10.3 Å². The Kier molecular flexibility index (Phi) is 6.18. The highest BCUT2D eigenvalue weighted by atomic mass is 19.1. The van der Waals surface area contributed by atoms with Gasteiger partial charge in [-0.2, -0.15) is 0 Å². The molecule has 1 amide bonds. The third-order valence-electron chi connectivity index (χ3n) is 4.27. The van der Waals surface area contributed by atoms with Crippen LogP contribution in [0.1, 0.15) is 43.6 Å². The Labute approximate surface area is 153 Å². The molecule has 0 fully saturated rings. The minimum Gasteiger partial charge on any atom is -0.493 e. The number of benzene rings is 1. The summed E-state index contributed by atoms with van der Waals surface area (Å²) < 4.78 is 24.3. The van der Waals surface area contributed by atoms with Crippen molar-refractivity contribution in [3.8, 4) is 11.6 Å². The Balaban J connectivity index is 2.00. The van der Waals surface area contributed by atoms with Crippen LogP contribution in [0.4, 0.5) is 4.39 Å². The molecular formula is C20H25FN2O3. The van der Waals surface area contributed by atoms with Crippen molar-refractivity contribution in [2.75, 3.05) is 7.11 Å². The molecule has 1 unspecified atom stereocenters. The number of halogens is 1. The van der Waals surface area contributed by atoms with Gasteiger partial charge in [-0.15, -0.1) is 0 Å². The van der Waals surface area contributed by atoms with Gasteiger partial charge in [0.2, 0.25) is 5.88 Å². The maximum Gasteiger partial charge on any atom is 0.253 e. The lowest BCUT2D eigenvalue weighted by Crippen LogP contribution is -2.41. The average Bonchev–Trinajstić information content (AvgIpc) is 2.59. The van der Waals surface area contributed by atoms with Crippen LogP contribution in [0, 0.1) is 11.2 Å². The number of para-hydroxylation sites is 1. The first-order valence-electron chi connectivity index (χ1n) is 8.43. The largest absolute Gasteiger partial charge is 0.493 e. The second kappa shape index (κ2) is 8.17. The Morgan fingerprint density at radius 1 is 1.27 bits per heavy atom. The lowest BCUT2D eigenvalue weighted by molar-refractivity contribution is 0.0909. The van der Waals surface area contributed by atoms with Crippen LogP contribution >= 0.6 is 0 Å². The van der Waals surface area contributed by atoms with Gasteiger partial charge in [0.05, 0.1) is 12.7 Å². The second-order valence-corrected chi connectivity index (χ2v) is 7.17. The van der Waals surface area contributed by atoms with Crippen LogP contribution in [0.2, 0.25) is 0 Å². The van der Waals surface area contributed by atoms with Crippen molar-refractivity contribution in [1.29, 1.82) is 0 Å². The minimum atomic E-state index is -0.443. The Bertz CT molecular complexity index is 755. The summed E-state index contributed by atoms with van der Waals surface area (Å²) in [6, 6.07) is 7.92. The van der Waals surface area contributed by atoms with Crippen LogP contribution in [0.25, 0.3) is 0 Å². The van der Waals surface area contributed by atoms with Crippen LogP contribution in [-0.4, -0.2) is 24.0 Å². The number of hydrogen-bond donors (Lipinski definition) is 1. The number of rotatable bonds is 6. The predicted molar refractivity (Wildman–Crippen MR) is 97.9 cm³/mol. The van der Waals surface area contributed by atoms with E-state index in [1.54, 1.807) is 24.3 Å². The molecule has 0 aliphatic rings. The molecule has 2 aromatic rings. The third-order valence-corrected chi connectivity index (χ3v) is 4.27. The molecule has 2 rings (SSSR count). The third kappa shape index (κ3) is 4.94. The fraction of sp³-hybridized carbons (Fsp3) is 0.400. The van der Waals surface area contributed by atoms with Crippen LogP contribution in [-0.2, 0) is 6.61 Å². The molecule has 0 radical (unpaired) electrons. The lowest BCUT2D eigenvalue weighted by atomic mass is 9.88. The number of nitrogens with zero attached hydrogens (tertiary/aromatic N) is 1. The molecule has 5 nitrogen and oxygen atoms in total. The van der Waals surface area contributed by atoms with Gasteiger partial charge in [0.1, 0.15) is 6.61 Å². The SMILES string of the molecule is COc1c(F)cccc1COc1ccc(C(=O)NC(C)C(C)(C)C)cn1. The number of ether oxygens (including phenoxy) is 2. The lowest BCUT2D eigenvalue weighted by Gasteiger charge is -2.28. The summed E-state index contributed by atoms with van der Waals surface area (Å²) in [5, 5.41) is 2.96. The van der Waals surface area contributed by atoms with Crippen molar-refractivity contribution in [2.24, 2.45) is 5.41 Å². The maximum atomic E-state index is 13.7. The molecule has 1 N–H and O–H groups in total. The number of nitrogens with one attached hydrogen (secondary N) is 1. The molecule has 6 heteroatoms. The summed E-state index contributed by atoms with van der Waals surface area (Å²) in [5.74, 6) is -0.128. The first-order chi connectivity index (χ1) is 12.2. The zero-order valence-electron chi connectivity index (χ0n) is 15.8. The van der Waals surface area contributed by atoms with Gasteiger partial charge in [-0.3, -0.25) is 4.79 Å². The number of methoxy groups -OCH3 is 1. The fourth-order valence-electron chi connectivity index (χ4n) is 2.14. The van der Waals surface area contributed by atoms with E-state index in [1.807, 2.05) is 6.92 Å². The zero-order chi connectivity index (χ0) is 19.3. The van der Waals surface area contributed by atoms with Crippen molar-refractivity contribution >= 4 is 5.91 Å². The highest BCUT2D eigenvalue weighted by molar-refractivity contribution is 5.94. The average molecular weight is 360 g/mol. The standard InChI is InChI=1S/C20H25FN2O3/c1-13(20(2,3)4)23-19(24)14-9-10-17(22-11-14)26-12-15-7-6-8-16(21)18(15)25-5/h6-11,13H,12H2,1-5H3,(H,23,24). The highest BCUT2D eigenvalue weighted by Crippen LogP contribution is 2.23. The maximum absolute atomic E-state index is 13.7. The summed E-state index contributed by atoms with van der Waals surface area (Å²) in [7, 11) is 1.41. The molecule has 0 saturated carbocycles. The van der Waals surface area contributed by atoms with Crippen molar-refractivity contribution in [3.63, 3.8) is 0 Å². The van der Waals surface area contributed by atoms with E-state index in [-0.39, 0.29) is 29.7 Å². The van der Waals surface area contributed by atoms with E-state index in [0.717, 1.165) is 0 Å². The van der Waals surface area contributed by atoms with Gasteiger partial charge < -0.3 is 14.8 Å². The van der Waals surface area contributed by atoms with Crippen molar-refractivity contribution in [3.05, 3.63) is 53.5 Å².